The van der Waals surface area contributed by atoms with Gasteiger partial charge in [0, 0.05) is 19.0 Å². The molecular weight excluding hydrogens is 246 g/mol. The van der Waals surface area contributed by atoms with Crippen molar-refractivity contribution in [1.29, 1.82) is 0 Å². The highest BCUT2D eigenvalue weighted by Crippen LogP contribution is 2.30. The number of ether oxygens (including phenoxy) is 1. The summed E-state index contributed by atoms with van der Waals surface area (Å²) in [5.74, 6) is 0.262. The number of carbonyl (C=O) groups excluding carboxylic acids is 1. The first-order valence-electron chi connectivity index (χ1n) is 6.54. The van der Waals surface area contributed by atoms with Crippen molar-refractivity contribution < 1.29 is 14.1 Å². The molecule has 0 saturated carbocycles. The van der Waals surface area contributed by atoms with E-state index in [1.54, 1.807) is 4.90 Å². The molecule has 1 aromatic heterocycles. The highest BCUT2D eigenvalue weighted by molar-refractivity contribution is 5.68. The molecule has 0 unspecified atom stereocenters. The van der Waals surface area contributed by atoms with Crippen molar-refractivity contribution >= 4 is 11.8 Å². The third-order valence-corrected chi connectivity index (χ3v) is 3.16. The average Bonchev–Trinajstić information content (AvgIpc) is 2.73. The lowest BCUT2D eigenvalue weighted by Crippen LogP contribution is -2.41. The summed E-state index contributed by atoms with van der Waals surface area (Å²) in [4.78, 5) is 13.7. The van der Waals surface area contributed by atoms with Crippen LogP contribution in [0.3, 0.4) is 0 Å². The van der Waals surface area contributed by atoms with Gasteiger partial charge in [-0.25, -0.2) is 4.79 Å². The van der Waals surface area contributed by atoms with E-state index in [0.29, 0.717) is 18.8 Å². The van der Waals surface area contributed by atoms with E-state index in [4.69, 9.17) is 15.0 Å². The van der Waals surface area contributed by atoms with Crippen molar-refractivity contribution in [3.05, 3.63) is 12.0 Å². The molecule has 0 aromatic carbocycles. The van der Waals surface area contributed by atoms with E-state index in [1.807, 2.05) is 20.8 Å². The van der Waals surface area contributed by atoms with Crippen molar-refractivity contribution in [2.24, 2.45) is 0 Å². The van der Waals surface area contributed by atoms with Crippen LogP contribution in [0.15, 0.2) is 10.8 Å². The summed E-state index contributed by atoms with van der Waals surface area (Å²) in [7, 11) is 0. The van der Waals surface area contributed by atoms with Gasteiger partial charge in [0.25, 0.3) is 0 Å². The van der Waals surface area contributed by atoms with E-state index in [9.17, 15) is 4.79 Å². The summed E-state index contributed by atoms with van der Waals surface area (Å²) >= 11 is 0. The molecule has 2 rings (SSSR count). The molecule has 6 heteroatoms. The fourth-order valence-corrected chi connectivity index (χ4v) is 2.23. The molecule has 0 aliphatic carbocycles. The van der Waals surface area contributed by atoms with Crippen molar-refractivity contribution in [2.45, 2.75) is 45.1 Å². The Labute approximate surface area is 112 Å². The average molecular weight is 267 g/mol. The number of nitrogens with zero attached hydrogens (tertiary/aromatic N) is 2. The molecule has 2 heterocycles. The molecule has 0 bridgehead atoms. The van der Waals surface area contributed by atoms with Gasteiger partial charge in [0.15, 0.2) is 0 Å². The standard InChI is InChI=1S/C13H21N3O3/c1-13(2,3)19-12(17)16-6-4-9(5-7-16)11-10(14)8-18-15-11/h8-9H,4-7,14H2,1-3H3. The Bertz CT molecular complexity index is 442. The summed E-state index contributed by atoms with van der Waals surface area (Å²) < 4.78 is 10.2. The molecule has 2 N–H and O–H groups in total. The fourth-order valence-electron chi connectivity index (χ4n) is 2.23. The summed E-state index contributed by atoms with van der Waals surface area (Å²) in [5, 5.41) is 3.93. The lowest BCUT2D eigenvalue weighted by atomic mass is 9.93. The number of nitrogens with two attached hydrogens (primary N) is 1. The molecular formula is C13H21N3O3. The molecule has 1 saturated heterocycles. The zero-order chi connectivity index (χ0) is 14.0. The second-order valence-corrected chi connectivity index (χ2v) is 5.90. The molecule has 19 heavy (non-hydrogen) atoms. The predicted molar refractivity (Wildman–Crippen MR) is 70.7 cm³/mol. The normalized spacial score (nSPS) is 17.5. The number of rotatable bonds is 1. The van der Waals surface area contributed by atoms with E-state index in [2.05, 4.69) is 5.16 Å². The Morgan fingerprint density at radius 3 is 2.58 bits per heavy atom. The van der Waals surface area contributed by atoms with Gasteiger partial charge in [0.1, 0.15) is 17.6 Å². The SMILES string of the molecule is CC(C)(C)OC(=O)N1CCC(c2nocc2N)CC1. The predicted octanol–water partition coefficient (Wildman–Crippen LogP) is 2.37. The third-order valence-electron chi connectivity index (χ3n) is 3.16. The largest absolute Gasteiger partial charge is 0.444 e. The number of anilines is 1. The van der Waals surface area contributed by atoms with Crippen LogP contribution in [0.5, 0.6) is 0 Å². The number of hydrogen-bond acceptors (Lipinski definition) is 5. The van der Waals surface area contributed by atoms with Gasteiger partial charge in [-0.3, -0.25) is 0 Å². The molecule has 1 aliphatic heterocycles. The van der Waals surface area contributed by atoms with E-state index < -0.39 is 5.60 Å². The molecule has 1 aliphatic rings. The quantitative estimate of drug-likeness (QED) is 0.844. The van der Waals surface area contributed by atoms with Crippen LogP contribution in [0.25, 0.3) is 0 Å². The van der Waals surface area contributed by atoms with Crippen LogP contribution < -0.4 is 5.73 Å². The van der Waals surface area contributed by atoms with Gasteiger partial charge in [-0.1, -0.05) is 5.16 Å². The maximum atomic E-state index is 11.9. The van der Waals surface area contributed by atoms with Crippen LogP contribution in [-0.2, 0) is 4.74 Å². The van der Waals surface area contributed by atoms with E-state index in [-0.39, 0.29) is 12.0 Å². The lowest BCUT2D eigenvalue weighted by Gasteiger charge is -2.32. The summed E-state index contributed by atoms with van der Waals surface area (Å²) in [6.07, 6.45) is 2.86. The highest BCUT2D eigenvalue weighted by Gasteiger charge is 2.29. The lowest BCUT2D eigenvalue weighted by molar-refractivity contribution is 0.0203. The van der Waals surface area contributed by atoms with Crippen molar-refractivity contribution in [2.75, 3.05) is 18.8 Å². The first kappa shape index (κ1) is 13.7. The highest BCUT2D eigenvalue weighted by atomic mass is 16.6. The topological polar surface area (TPSA) is 81.6 Å². The minimum absolute atomic E-state index is 0.251. The summed E-state index contributed by atoms with van der Waals surface area (Å²) in [6.45, 7) is 6.92. The maximum Gasteiger partial charge on any atom is 0.410 e. The molecule has 0 atom stereocenters. The summed E-state index contributed by atoms with van der Waals surface area (Å²) in [6, 6.07) is 0. The number of carbonyl (C=O) groups is 1. The molecule has 1 fully saturated rings. The molecule has 6 nitrogen and oxygen atoms in total. The Kier molecular flexibility index (Phi) is 3.68. The second-order valence-electron chi connectivity index (χ2n) is 5.90. The van der Waals surface area contributed by atoms with Gasteiger partial charge in [-0.15, -0.1) is 0 Å². The molecule has 106 valence electrons. The molecule has 1 aromatic rings. The van der Waals surface area contributed by atoms with Gasteiger partial charge in [0.2, 0.25) is 0 Å². The minimum Gasteiger partial charge on any atom is -0.444 e. The molecule has 0 radical (unpaired) electrons. The van der Waals surface area contributed by atoms with E-state index in [1.165, 1.54) is 6.26 Å². The number of amides is 1. The second kappa shape index (κ2) is 5.11. The van der Waals surface area contributed by atoms with Crippen LogP contribution in [0.1, 0.15) is 45.2 Å². The summed E-state index contributed by atoms with van der Waals surface area (Å²) in [5.41, 5.74) is 6.74. The smallest absolute Gasteiger partial charge is 0.410 e. The number of nitrogen functional groups attached to an aromatic ring is 1. The Balaban J connectivity index is 1.89. The van der Waals surface area contributed by atoms with E-state index in [0.717, 1.165) is 18.5 Å². The number of hydrogen-bond donors (Lipinski definition) is 1. The molecule has 0 spiro atoms. The minimum atomic E-state index is -0.454. The monoisotopic (exact) mass is 267 g/mol. The molecule has 1 amide bonds. The van der Waals surface area contributed by atoms with Gasteiger partial charge >= 0.3 is 6.09 Å². The van der Waals surface area contributed by atoms with Gasteiger partial charge in [0.05, 0.1) is 5.69 Å². The van der Waals surface area contributed by atoms with Crippen molar-refractivity contribution in [3.63, 3.8) is 0 Å². The first-order valence-corrected chi connectivity index (χ1v) is 6.54. The Morgan fingerprint density at radius 1 is 1.47 bits per heavy atom. The zero-order valence-electron chi connectivity index (χ0n) is 11.7. The maximum absolute atomic E-state index is 11.9. The van der Waals surface area contributed by atoms with Gasteiger partial charge in [-0.2, -0.15) is 0 Å². The van der Waals surface area contributed by atoms with Crippen LogP contribution in [-0.4, -0.2) is 34.8 Å². The van der Waals surface area contributed by atoms with E-state index >= 15 is 0 Å². The van der Waals surface area contributed by atoms with Crippen molar-refractivity contribution in [3.8, 4) is 0 Å². The number of aromatic nitrogens is 1. The first-order chi connectivity index (χ1) is 8.87. The van der Waals surface area contributed by atoms with Crippen LogP contribution in [0.2, 0.25) is 0 Å². The fraction of sp³-hybridized carbons (Fsp3) is 0.692. The zero-order valence-corrected chi connectivity index (χ0v) is 11.7. The Morgan fingerprint density at radius 2 is 2.11 bits per heavy atom. The van der Waals surface area contributed by atoms with Crippen LogP contribution in [0, 0.1) is 0 Å². The van der Waals surface area contributed by atoms with Gasteiger partial charge < -0.3 is 19.9 Å². The van der Waals surface area contributed by atoms with Crippen LogP contribution in [0.4, 0.5) is 10.5 Å². The Hall–Kier alpha value is -1.72. The van der Waals surface area contributed by atoms with Gasteiger partial charge in [-0.05, 0) is 33.6 Å². The number of likely N-dealkylation sites (tertiary alicyclic amines) is 1. The third kappa shape index (κ3) is 3.39. The van der Waals surface area contributed by atoms with Crippen molar-refractivity contribution in [1.82, 2.24) is 10.1 Å². The van der Waals surface area contributed by atoms with Crippen LogP contribution >= 0.6 is 0 Å². The number of piperidine rings is 1.